The van der Waals surface area contributed by atoms with E-state index in [-0.39, 0.29) is 11.5 Å². The SMILES string of the molecule is CC(C)(C)c1ccc(CNC2CCCCC2O)s1. The number of aliphatic hydroxyl groups is 1. The minimum Gasteiger partial charge on any atom is -0.392 e. The van der Waals surface area contributed by atoms with Crippen LogP contribution in [0.3, 0.4) is 0 Å². The molecule has 0 aromatic carbocycles. The molecule has 1 aliphatic rings. The Kier molecular flexibility index (Phi) is 4.46. The van der Waals surface area contributed by atoms with E-state index in [1.807, 2.05) is 11.3 Å². The lowest BCUT2D eigenvalue weighted by Crippen LogP contribution is -2.41. The van der Waals surface area contributed by atoms with Crippen LogP contribution in [0.25, 0.3) is 0 Å². The lowest BCUT2D eigenvalue weighted by Gasteiger charge is -2.28. The van der Waals surface area contributed by atoms with E-state index in [2.05, 4.69) is 38.2 Å². The van der Waals surface area contributed by atoms with Gasteiger partial charge in [-0.3, -0.25) is 0 Å². The highest BCUT2D eigenvalue weighted by molar-refractivity contribution is 7.12. The molecule has 0 aliphatic heterocycles. The van der Waals surface area contributed by atoms with Gasteiger partial charge >= 0.3 is 0 Å². The van der Waals surface area contributed by atoms with Crippen LogP contribution >= 0.6 is 11.3 Å². The molecule has 2 atom stereocenters. The van der Waals surface area contributed by atoms with Gasteiger partial charge in [-0.2, -0.15) is 0 Å². The highest BCUT2D eigenvalue weighted by atomic mass is 32.1. The van der Waals surface area contributed by atoms with Crippen molar-refractivity contribution in [2.75, 3.05) is 0 Å². The Morgan fingerprint density at radius 1 is 1.28 bits per heavy atom. The van der Waals surface area contributed by atoms with Gasteiger partial charge in [0, 0.05) is 22.3 Å². The molecule has 0 radical (unpaired) electrons. The number of rotatable bonds is 3. The lowest BCUT2D eigenvalue weighted by molar-refractivity contribution is 0.0904. The summed E-state index contributed by atoms with van der Waals surface area (Å²) in [6.45, 7) is 7.64. The summed E-state index contributed by atoms with van der Waals surface area (Å²) in [4.78, 5) is 2.81. The molecule has 3 heteroatoms. The van der Waals surface area contributed by atoms with E-state index in [0.717, 1.165) is 19.4 Å². The van der Waals surface area contributed by atoms with Gasteiger partial charge in [0.15, 0.2) is 0 Å². The van der Waals surface area contributed by atoms with Crippen molar-refractivity contribution >= 4 is 11.3 Å². The first kappa shape index (κ1) is 14.0. The number of aliphatic hydroxyl groups excluding tert-OH is 1. The number of thiophene rings is 1. The highest BCUT2D eigenvalue weighted by Crippen LogP contribution is 2.29. The van der Waals surface area contributed by atoms with E-state index < -0.39 is 0 Å². The zero-order valence-electron chi connectivity index (χ0n) is 11.7. The zero-order valence-corrected chi connectivity index (χ0v) is 12.5. The van der Waals surface area contributed by atoms with Crippen molar-refractivity contribution in [1.82, 2.24) is 5.32 Å². The molecule has 1 aromatic rings. The predicted octanol–water partition coefficient (Wildman–Crippen LogP) is 3.44. The maximum atomic E-state index is 9.92. The van der Waals surface area contributed by atoms with Crippen LogP contribution in [0.1, 0.15) is 56.2 Å². The fraction of sp³-hybridized carbons (Fsp3) is 0.733. The molecule has 1 fully saturated rings. The minimum atomic E-state index is -0.152. The molecule has 1 aliphatic carbocycles. The van der Waals surface area contributed by atoms with Crippen LogP contribution in [0.4, 0.5) is 0 Å². The Bertz CT molecular complexity index is 380. The standard InChI is InChI=1S/C15H25NOS/c1-15(2,3)14-9-8-11(18-14)10-16-12-6-4-5-7-13(12)17/h8-9,12-13,16-17H,4-7,10H2,1-3H3. The molecule has 0 amide bonds. The molecule has 0 spiro atoms. The quantitative estimate of drug-likeness (QED) is 0.879. The average molecular weight is 267 g/mol. The van der Waals surface area contributed by atoms with Gasteiger partial charge in [0.2, 0.25) is 0 Å². The largest absolute Gasteiger partial charge is 0.392 e. The number of hydrogen-bond acceptors (Lipinski definition) is 3. The van der Waals surface area contributed by atoms with Crippen molar-refractivity contribution in [2.45, 2.75) is 70.6 Å². The summed E-state index contributed by atoms with van der Waals surface area (Å²) >= 11 is 1.89. The normalized spacial score (nSPS) is 25.3. The van der Waals surface area contributed by atoms with E-state index in [1.54, 1.807) is 0 Å². The second-order valence-corrected chi connectivity index (χ2v) is 7.52. The maximum absolute atomic E-state index is 9.92. The lowest BCUT2D eigenvalue weighted by atomic mass is 9.92. The van der Waals surface area contributed by atoms with Crippen LogP contribution in [0.5, 0.6) is 0 Å². The van der Waals surface area contributed by atoms with Gasteiger partial charge in [0.1, 0.15) is 0 Å². The Morgan fingerprint density at radius 2 is 2.00 bits per heavy atom. The Balaban J connectivity index is 1.88. The van der Waals surface area contributed by atoms with Crippen molar-refractivity contribution in [3.63, 3.8) is 0 Å². The molecule has 1 aromatic heterocycles. The van der Waals surface area contributed by atoms with Crippen LogP contribution in [0, 0.1) is 0 Å². The summed E-state index contributed by atoms with van der Waals surface area (Å²) < 4.78 is 0. The number of hydrogen-bond donors (Lipinski definition) is 2. The topological polar surface area (TPSA) is 32.3 Å². The first-order valence-corrected chi connectivity index (χ1v) is 7.79. The molecule has 1 saturated carbocycles. The Morgan fingerprint density at radius 3 is 2.61 bits per heavy atom. The van der Waals surface area contributed by atoms with Gasteiger partial charge in [-0.15, -0.1) is 11.3 Å². The van der Waals surface area contributed by atoms with Gasteiger partial charge in [0.05, 0.1) is 6.10 Å². The fourth-order valence-corrected chi connectivity index (χ4v) is 3.47. The first-order chi connectivity index (χ1) is 8.47. The summed E-state index contributed by atoms with van der Waals surface area (Å²) in [7, 11) is 0. The molecule has 2 N–H and O–H groups in total. The second-order valence-electron chi connectivity index (χ2n) is 6.36. The van der Waals surface area contributed by atoms with Gasteiger partial charge < -0.3 is 10.4 Å². The molecular formula is C15H25NOS. The second kappa shape index (κ2) is 5.72. The summed E-state index contributed by atoms with van der Waals surface area (Å²) in [5.74, 6) is 0. The van der Waals surface area contributed by atoms with Crippen molar-refractivity contribution in [2.24, 2.45) is 0 Å². The van der Waals surface area contributed by atoms with Gasteiger partial charge in [-0.05, 0) is 30.4 Å². The van der Waals surface area contributed by atoms with Gasteiger partial charge in [-0.25, -0.2) is 0 Å². The van der Waals surface area contributed by atoms with Crippen molar-refractivity contribution < 1.29 is 5.11 Å². The predicted molar refractivity (Wildman–Crippen MR) is 78.1 cm³/mol. The third kappa shape index (κ3) is 3.56. The molecule has 2 unspecified atom stereocenters. The number of nitrogens with one attached hydrogen (secondary N) is 1. The van der Waals surface area contributed by atoms with Crippen molar-refractivity contribution in [3.05, 3.63) is 21.9 Å². The zero-order chi connectivity index (χ0) is 13.2. The van der Waals surface area contributed by atoms with Crippen molar-refractivity contribution in [3.8, 4) is 0 Å². The molecule has 0 bridgehead atoms. The van der Waals surface area contributed by atoms with Crippen LogP contribution < -0.4 is 5.32 Å². The van der Waals surface area contributed by atoms with E-state index in [4.69, 9.17) is 0 Å². The molecule has 1 heterocycles. The van der Waals surface area contributed by atoms with E-state index in [0.29, 0.717) is 6.04 Å². The minimum absolute atomic E-state index is 0.152. The molecule has 102 valence electrons. The third-order valence-electron chi connectivity index (χ3n) is 3.67. The Labute approximate surface area is 114 Å². The molecular weight excluding hydrogens is 242 g/mol. The highest BCUT2D eigenvalue weighted by Gasteiger charge is 2.22. The average Bonchev–Trinajstić information content (AvgIpc) is 2.76. The maximum Gasteiger partial charge on any atom is 0.0693 e. The molecule has 18 heavy (non-hydrogen) atoms. The molecule has 2 nitrogen and oxygen atoms in total. The van der Waals surface area contributed by atoms with Crippen LogP contribution in [0.15, 0.2) is 12.1 Å². The molecule has 2 rings (SSSR count). The van der Waals surface area contributed by atoms with Gasteiger partial charge in [-0.1, -0.05) is 33.6 Å². The third-order valence-corrected chi connectivity index (χ3v) is 5.18. The van der Waals surface area contributed by atoms with Gasteiger partial charge in [0.25, 0.3) is 0 Å². The van der Waals surface area contributed by atoms with Crippen LogP contribution in [-0.4, -0.2) is 17.3 Å². The smallest absolute Gasteiger partial charge is 0.0693 e. The van der Waals surface area contributed by atoms with Crippen LogP contribution in [-0.2, 0) is 12.0 Å². The summed E-state index contributed by atoms with van der Waals surface area (Å²) in [6.07, 6.45) is 4.33. The molecule has 0 saturated heterocycles. The van der Waals surface area contributed by atoms with E-state index >= 15 is 0 Å². The van der Waals surface area contributed by atoms with E-state index in [9.17, 15) is 5.11 Å². The van der Waals surface area contributed by atoms with Crippen molar-refractivity contribution in [1.29, 1.82) is 0 Å². The monoisotopic (exact) mass is 267 g/mol. The first-order valence-electron chi connectivity index (χ1n) is 6.97. The fourth-order valence-electron chi connectivity index (χ4n) is 2.46. The summed E-state index contributed by atoms with van der Waals surface area (Å²) in [5, 5.41) is 13.4. The van der Waals surface area contributed by atoms with Crippen LogP contribution in [0.2, 0.25) is 0 Å². The summed E-state index contributed by atoms with van der Waals surface area (Å²) in [6, 6.07) is 4.74. The van der Waals surface area contributed by atoms with E-state index in [1.165, 1.54) is 22.6 Å². The summed E-state index contributed by atoms with van der Waals surface area (Å²) in [5.41, 5.74) is 0.243. The Hall–Kier alpha value is -0.380.